The van der Waals surface area contributed by atoms with Crippen molar-refractivity contribution in [3.8, 4) is 5.75 Å². The summed E-state index contributed by atoms with van der Waals surface area (Å²) in [4.78, 5) is 4.79. The smallest absolute Gasteiger partial charge is 0.146 e. The molecule has 0 bridgehead atoms. The van der Waals surface area contributed by atoms with E-state index in [4.69, 9.17) is 9.72 Å². The minimum Gasteiger partial charge on any atom is -0.494 e. The molecule has 0 aliphatic carbocycles. The van der Waals surface area contributed by atoms with E-state index in [2.05, 4.69) is 53.7 Å². The molecular formula is C17H25NOS. The summed E-state index contributed by atoms with van der Waals surface area (Å²) >= 11 is 1.79. The monoisotopic (exact) mass is 291 g/mol. The van der Waals surface area contributed by atoms with Gasteiger partial charge in [0, 0.05) is 5.41 Å². The third-order valence-electron chi connectivity index (χ3n) is 3.87. The zero-order valence-corrected chi connectivity index (χ0v) is 14.4. The van der Waals surface area contributed by atoms with Crippen molar-refractivity contribution in [2.75, 3.05) is 7.11 Å². The molecule has 1 unspecified atom stereocenters. The average molecular weight is 291 g/mol. The van der Waals surface area contributed by atoms with Crippen LogP contribution in [0.25, 0.3) is 10.2 Å². The van der Waals surface area contributed by atoms with Crippen molar-refractivity contribution < 1.29 is 4.74 Å². The van der Waals surface area contributed by atoms with Gasteiger partial charge >= 0.3 is 0 Å². The summed E-state index contributed by atoms with van der Waals surface area (Å²) in [6, 6.07) is 4.44. The number of aromatic nitrogens is 1. The Balaban J connectivity index is 2.61. The molecule has 0 amide bonds. The third kappa shape index (κ3) is 2.83. The Morgan fingerprint density at radius 1 is 1.15 bits per heavy atom. The molecule has 2 rings (SSSR count). The maximum absolute atomic E-state index is 5.57. The van der Waals surface area contributed by atoms with E-state index in [0.717, 1.165) is 11.3 Å². The Hall–Kier alpha value is -1.09. The van der Waals surface area contributed by atoms with Gasteiger partial charge in [0.25, 0.3) is 0 Å². The molecule has 1 aromatic heterocycles. The molecule has 0 fully saturated rings. The number of hydrogen-bond donors (Lipinski definition) is 0. The van der Waals surface area contributed by atoms with Crippen molar-refractivity contribution in [3.63, 3.8) is 0 Å². The molecule has 0 saturated carbocycles. The highest BCUT2D eigenvalue weighted by molar-refractivity contribution is 7.18. The second-order valence-electron chi connectivity index (χ2n) is 6.87. The summed E-state index contributed by atoms with van der Waals surface area (Å²) in [6.45, 7) is 13.4. The zero-order chi connectivity index (χ0) is 15.1. The van der Waals surface area contributed by atoms with Crippen molar-refractivity contribution in [2.45, 2.75) is 52.9 Å². The van der Waals surface area contributed by atoms with Gasteiger partial charge < -0.3 is 4.74 Å². The number of rotatable bonds is 3. The first-order chi connectivity index (χ1) is 9.24. The molecule has 0 aliphatic heterocycles. The summed E-state index contributed by atoms with van der Waals surface area (Å²) in [6.07, 6.45) is 0. The molecule has 2 nitrogen and oxygen atoms in total. The maximum atomic E-state index is 5.57. The first-order valence-corrected chi connectivity index (χ1v) is 8.04. The predicted octanol–water partition coefficient (Wildman–Crippen LogP) is 5.36. The van der Waals surface area contributed by atoms with Gasteiger partial charge in [-0.2, -0.15) is 0 Å². The summed E-state index contributed by atoms with van der Waals surface area (Å²) in [5.41, 5.74) is 2.43. The lowest BCUT2D eigenvalue weighted by atomic mass is 9.90. The molecule has 0 N–H and O–H groups in total. The summed E-state index contributed by atoms with van der Waals surface area (Å²) in [5, 5.41) is 1.17. The zero-order valence-electron chi connectivity index (χ0n) is 13.6. The highest BCUT2D eigenvalue weighted by atomic mass is 32.1. The van der Waals surface area contributed by atoms with Crippen LogP contribution < -0.4 is 4.74 Å². The first kappa shape index (κ1) is 15.3. The van der Waals surface area contributed by atoms with Gasteiger partial charge in [-0.05, 0) is 29.5 Å². The SMILES string of the molecule is COc1cc(C(C)C(C)C)cc2sc(C(C)(C)C)nc12. The Morgan fingerprint density at radius 2 is 1.80 bits per heavy atom. The number of fused-ring (bicyclic) bond motifs is 1. The van der Waals surface area contributed by atoms with Gasteiger partial charge in [0.1, 0.15) is 11.3 Å². The number of ether oxygens (including phenoxy) is 1. The standard InChI is InChI=1S/C17H25NOS/c1-10(2)11(3)12-8-13(19-7)15-14(9-12)20-16(18-15)17(4,5)6/h8-11H,1-7H3. The molecule has 1 atom stereocenters. The molecule has 2 aromatic rings. The van der Waals surface area contributed by atoms with Crippen LogP contribution in [0.1, 0.15) is 58.0 Å². The molecule has 0 saturated heterocycles. The number of methoxy groups -OCH3 is 1. The van der Waals surface area contributed by atoms with Crippen LogP contribution in [0.5, 0.6) is 5.75 Å². The summed E-state index contributed by atoms with van der Waals surface area (Å²) in [5.74, 6) is 2.04. The Bertz CT molecular complexity index is 607. The van der Waals surface area contributed by atoms with E-state index < -0.39 is 0 Å². The second kappa shape index (κ2) is 5.36. The Morgan fingerprint density at radius 3 is 2.30 bits per heavy atom. The van der Waals surface area contributed by atoms with Gasteiger partial charge in [-0.1, -0.05) is 41.5 Å². The molecule has 1 aromatic carbocycles. The Kier molecular flexibility index (Phi) is 4.10. The van der Waals surface area contributed by atoms with Crippen molar-refractivity contribution in [3.05, 3.63) is 22.7 Å². The fourth-order valence-electron chi connectivity index (χ4n) is 2.14. The van der Waals surface area contributed by atoms with Crippen molar-refractivity contribution in [1.82, 2.24) is 4.98 Å². The molecule has 0 aliphatic rings. The number of hydrogen-bond acceptors (Lipinski definition) is 3. The van der Waals surface area contributed by atoms with Crippen LogP contribution in [-0.4, -0.2) is 12.1 Å². The number of thiazole rings is 1. The van der Waals surface area contributed by atoms with Gasteiger partial charge in [-0.15, -0.1) is 11.3 Å². The van der Waals surface area contributed by atoms with Gasteiger partial charge in [0.2, 0.25) is 0 Å². The van der Waals surface area contributed by atoms with Crippen LogP contribution in [0.2, 0.25) is 0 Å². The van der Waals surface area contributed by atoms with Gasteiger partial charge in [-0.25, -0.2) is 4.98 Å². The van der Waals surface area contributed by atoms with Crippen LogP contribution in [0.15, 0.2) is 12.1 Å². The number of nitrogens with zero attached hydrogens (tertiary/aromatic N) is 1. The van der Waals surface area contributed by atoms with Crippen molar-refractivity contribution in [2.24, 2.45) is 5.92 Å². The lowest BCUT2D eigenvalue weighted by Gasteiger charge is -2.16. The summed E-state index contributed by atoms with van der Waals surface area (Å²) < 4.78 is 6.80. The normalized spacial score (nSPS) is 14.0. The van der Waals surface area contributed by atoms with E-state index in [1.54, 1.807) is 18.4 Å². The topological polar surface area (TPSA) is 22.1 Å². The van der Waals surface area contributed by atoms with E-state index in [1.807, 2.05) is 0 Å². The minimum atomic E-state index is 0.0819. The highest BCUT2D eigenvalue weighted by Crippen LogP contribution is 2.38. The lowest BCUT2D eigenvalue weighted by molar-refractivity contribution is 0.417. The van der Waals surface area contributed by atoms with Gasteiger partial charge in [0.15, 0.2) is 0 Å². The lowest BCUT2D eigenvalue weighted by Crippen LogP contribution is -2.09. The molecule has 1 heterocycles. The van der Waals surface area contributed by atoms with Gasteiger partial charge in [-0.3, -0.25) is 0 Å². The molecule has 0 radical (unpaired) electrons. The largest absolute Gasteiger partial charge is 0.494 e. The summed E-state index contributed by atoms with van der Waals surface area (Å²) in [7, 11) is 1.73. The van der Waals surface area contributed by atoms with Gasteiger partial charge in [0.05, 0.1) is 16.8 Å². The fraction of sp³-hybridized carbons (Fsp3) is 0.588. The maximum Gasteiger partial charge on any atom is 0.146 e. The Labute approximate surface area is 126 Å². The minimum absolute atomic E-state index is 0.0819. The molecule has 0 spiro atoms. The van der Waals surface area contributed by atoms with E-state index in [1.165, 1.54) is 15.3 Å². The average Bonchev–Trinajstić information content (AvgIpc) is 2.80. The first-order valence-electron chi connectivity index (χ1n) is 7.23. The predicted molar refractivity (Wildman–Crippen MR) is 88.1 cm³/mol. The van der Waals surface area contributed by atoms with E-state index >= 15 is 0 Å². The van der Waals surface area contributed by atoms with Crippen LogP contribution in [0.3, 0.4) is 0 Å². The molecule has 3 heteroatoms. The van der Waals surface area contributed by atoms with E-state index in [0.29, 0.717) is 11.8 Å². The second-order valence-corrected chi connectivity index (χ2v) is 7.90. The van der Waals surface area contributed by atoms with Crippen LogP contribution in [0.4, 0.5) is 0 Å². The molecule has 110 valence electrons. The third-order valence-corrected chi connectivity index (χ3v) is 5.30. The molecule has 20 heavy (non-hydrogen) atoms. The fourth-order valence-corrected chi connectivity index (χ4v) is 3.23. The quantitative estimate of drug-likeness (QED) is 0.759. The number of benzene rings is 1. The van der Waals surface area contributed by atoms with Crippen molar-refractivity contribution >= 4 is 21.6 Å². The van der Waals surface area contributed by atoms with Crippen LogP contribution in [0, 0.1) is 5.92 Å². The van der Waals surface area contributed by atoms with Crippen molar-refractivity contribution in [1.29, 1.82) is 0 Å². The molecular weight excluding hydrogens is 266 g/mol. The van der Waals surface area contributed by atoms with Crippen LogP contribution >= 0.6 is 11.3 Å². The van der Waals surface area contributed by atoms with Crippen LogP contribution in [-0.2, 0) is 5.41 Å². The van der Waals surface area contributed by atoms with E-state index in [9.17, 15) is 0 Å². The van der Waals surface area contributed by atoms with E-state index in [-0.39, 0.29) is 5.41 Å². The highest BCUT2D eigenvalue weighted by Gasteiger charge is 2.21.